The molecule has 1 N–H and O–H groups in total. The first-order valence-electron chi connectivity index (χ1n) is 6.72. The number of hydrogen-bond donors (Lipinski definition) is 1. The summed E-state index contributed by atoms with van der Waals surface area (Å²) in [5.41, 5.74) is 0.0802. The zero-order valence-corrected chi connectivity index (χ0v) is 13.6. The number of benzene rings is 2. The molecule has 2 aromatic rings. The Morgan fingerprint density at radius 2 is 1.71 bits per heavy atom. The van der Waals surface area contributed by atoms with Crippen LogP contribution >= 0.6 is 11.8 Å². The van der Waals surface area contributed by atoms with E-state index in [1.54, 1.807) is 19.2 Å². The van der Waals surface area contributed by atoms with Crippen molar-refractivity contribution >= 4 is 34.7 Å². The molecule has 0 aliphatic heterocycles. The number of nitrogens with zero attached hydrogens (tertiary/aromatic N) is 2. The fourth-order valence-electron chi connectivity index (χ4n) is 2.07. The molecule has 0 saturated carbocycles. The third kappa shape index (κ3) is 3.69. The topological polar surface area (TPSA) is 115 Å². The normalized spacial score (nSPS) is 10.2. The number of carbonyl (C=O) groups excluding carboxylic acids is 1. The summed E-state index contributed by atoms with van der Waals surface area (Å²) in [6.07, 6.45) is 1.78. The molecule has 0 aliphatic rings. The molecule has 2 rings (SSSR count). The Labute approximate surface area is 141 Å². The van der Waals surface area contributed by atoms with Crippen LogP contribution in [0.2, 0.25) is 0 Å². The van der Waals surface area contributed by atoms with Crippen LogP contribution in [0.5, 0.6) is 0 Å². The average molecular weight is 347 g/mol. The first-order valence-corrected chi connectivity index (χ1v) is 7.94. The van der Waals surface area contributed by atoms with Gasteiger partial charge >= 0.3 is 0 Å². The highest BCUT2D eigenvalue weighted by Gasteiger charge is 2.21. The Bertz CT molecular complexity index is 838. The van der Waals surface area contributed by atoms with Crippen molar-refractivity contribution < 1.29 is 14.6 Å². The maximum Gasteiger partial charge on any atom is 0.282 e. The van der Waals surface area contributed by atoms with Gasteiger partial charge in [0.2, 0.25) is 0 Å². The summed E-state index contributed by atoms with van der Waals surface area (Å²) < 4.78 is 0. The van der Waals surface area contributed by atoms with Gasteiger partial charge in [-0.1, -0.05) is 6.07 Å². The van der Waals surface area contributed by atoms with Crippen LogP contribution in [-0.2, 0) is 0 Å². The summed E-state index contributed by atoms with van der Waals surface area (Å²) in [5.74, 6) is -0.698. The second kappa shape index (κ2) is 7.09. The van der Waals surface area contributed by atoms with E-state index in [1.165, 1.54) is 42.1 Å². The van der Waals surface area contributed by atoms with Crippen molar-refractivity contribution in [3.05, 3.63) is 67.8 Å². The van der Waals surface area contributed by atoms with E-state index in [-0.39, 0.29) is 22.6 Å². The second-order valence-corrected chi connectivity index (χ2v) is 5.73. The predicted octanol–water partition coefficient (Wildman–Crippen LogP) is 3.79. The van der Waals surface area contributed by atoms with E-state index in [0.29, 0.717) is 10.5 Å². The number of carbonyl (C=O) groups is 1. The lowest BCUT2D eigenvalue weighted by atomic mass is 10.1. The third-order valence-electron chi connectivity index (χ3n) is 3.31. The van der Waals surface area contributed by atoms with Crippen LogP contribution < -0.4 is 5.32 Å². The standard InChI is InChI=1S/C15H13N3O5S/c1-9-3-4-10(7-14(9)18(22)23)16-15(19)12-8-11(24-2)5-6-13(12)17(20)21/h3-8H,1-2H3,(H,16,19). The van der Waals surface area contributed by atoms with Crippen molar-refractivity contribution in [3.8, 4) is 0 Å². The molecule has 0 unspecified atom stereocenters. The second-order valence-electron chi connectivity index (χ2n) is 4.85. The number of rotatable bonds is 5. The molecular formula is C15H13N3O5S. The summed E-state index contributed by atoms with van der Waals surface area (Å²) in [6.45, 7) is 1.58. The third-order valence-corrected chi connectivity index (χ3v) is 4.03. The minimum Gasteiger partial charge on any atom is -0.322 e. The summed E-state index contributed by atoms with van der Waals surface area (Å²) in [5, 5.41) is 24.5. The highest BCUT2D eigenvalue weighted by molar-refractivity contribution is 7.98. The fourth-order valence-corrected chi connectivity index (χ4v) is 2.51. The molecular weight excluding hydrogens is 334 g/mol. The molecule has 1 amide bonds. The smallest absolute Gasteiger partial charge is 0.282 e. The summed E-state index contributed by atoms with van der Waals surface area (Å²) in [6, 6.07) is 8.46. The summed E-state index contributed by atoms with van der Waals surface area (Å²) in [7, 11) is 0. The van der Waals surface area contributed by atoms with E-state index in [1.807, 2.05) is 0 Å². The van der Waals surface area contributed by atoms with Gasteiger partial charge in [-0.2, -0.15) is 0 Å². The monoisotopic (exact) mass is 347 g/mol. The van der Waals surface area contributed by atoms with Crippen LogP contribution in [0.4, 0.5) is 17.1 Å². The van der Waals surface area contributed by atoms with Crippen molar-refractivity contribution in [2.45, 2.75) is 11.8 Å². The van der Waals surface area contributed by atoms with Crippen molar-refractivity contribution in [1.82, 2.24) is 0 Å². The van der Waals surface area contributed by atoms with E-state index in [4.69, 9.17) is 0 Å². The molecule has 0 aromatic heterocycles. The summed E-state index contributed by atoms with van der Waals surface area (Å²) in [4.78, 5) is 33.9. The lowest BCUT2D eigenvalue weighted by Crippen LogP contribution is -2.14. The van der Waals surface area contributed by atoms with Gasteiger partial charge in [0.1, 0.15) is 5.56 Å². The molecule has 0 heterocycles. The van der Waals surface area contributed by atoms with Crippen molar-refractivity contribution in [2.75, 3.05) is 11.6 Å². The van der Waals surface area contributed by atoms with Gasteiger partial charge in [-0.05, 0) is 31.4 Å². The van der Waals surface area contributed by atoms with E-state index in [2.05, 4.69) is 5.32 Å². The van der Waals surface area contributed by atoms with E-state index < -0.39 is 15.8 Å². The van der Waals surface area contributed by atoms with Crippen LogP contribution in [0.3, 0.4) is 0 Å². The van der Waals surface area contributed by atoms with Crippen LogP contribution in [0.25, 0.3) is 0 Å². The van der Waals surface area contributed by atoms with Gasteiger partial charge in [0, 0.05) is 28.3 Å². The number of thioether (sulfide) groups is 1. The predicted molar refractivity (Wildman–Crippen MR) is 90.7 cm³/mol. The van der Waals surface area contributed by atoms with Gasteiger partial charge in [-0.3, -0.25) is 25.0 Å². The van der Waals surface area contributed by atoms with Gasteiger partial charge in [0.05, 0.1) is 9.85 Å². The van der Waals surface area contributed by atoms with Gasteiger partial charge in [0.15, 0.2) is 0 Å². The molecule has 8 nitrogen and oxygen atoms in total. The van der Waals surface area contributed by atoms with Gasteiger partial charge in [0.25, 0.3) is 17.3 Å². The Kier molecular flexibility index (Phi) is 5.14. The molecule has 0 atom stereocenters. The average Bonchev–Trinajstić information content (AvgIpc) is 2.55. The number of aryl methyl sites for hydroxylation is 1. The number of anilines is 1. The lowest BCUT2D eigenvalue weighted by Gasteiger charge is -2.08. The van der Waals surface area contributed by atoms with Gasteiger partial charge < -0.3 is 5.32 Å². The minimum absolute atomic E-state index is 0.102. The van der Waals surface area contributed by atoms with Gasteiger partial charge in [-0.25, -0.2) is 0 Å². The first-order chi connectivity index (χ1) is 11.3. The number of nitro groups is 2. The Morgan fingerprint density at radius 1 is 1.04 bits per heavy atom. The van der Waals surface area contributed by atoms with Gasteiger partial charge in [-0.15, -0.1) is 11.8 Å². The van der Waals surface area contributed by atoms with E-state index in [0.717, 1.165) is 0 Å². The SMILES string of the molecule is CSc1ccc([N+](=O)[O-])c(C(=O)Nc2ccc(C)c([N+](=O)[O-])c2)c1. The molecule has 0 aliphatic carbocycles. The minimum atomic E-state index is -0.698. The number of amides is 1. The fraction of sp³-hybridized carbons (Fsp3) is 0.133. The van der Waals surface area contributed by atoms with Crippen molar-refractivity contribution in [3.63, 3.8) is 0 Å². The van der Waals surface area contributed by atoms with E-state index in [9.17, 15) is 25.0 Å². The molecule has 0 bridgehead atoms. The highest BCUT2D eigenvalue weighted by Crippen LogP contribution is 2.27. The lowest BCUT2D eigenvalue weighted by molar-refractivity contribution is -0.385. The Morgan fingerprint density at radius 3 is 2.29 bits per heavy atom. The molecule has 124 valence electrons. The number of nitro benzene ring substituents is 2. The number of nitrogens with one attached hydrogen (secondary N) is 1. The maximum atomic E-state index is 12.4. The maximum absolute atomic E-state index is 12.4. The molecule has 2 aromatic carbocycles. The largest absolute Gasteiger partial charge is 0.322 e. The van der Waals surface area contributed by atoms with E-state index >= 15 is 0 Å². The quantitative estimate of drug-likeness (QED) is 0.500. The summed E-state index contributed by atoms with van der Waals surface area (Å²) >= 11 is 1.34. The molecule has 0 fully saturated rings. The van der Waals surface area contributed by atoms with Crippen LogP contribution in [0, 0.1) is 27.2 Å². The molecule has 24 heavy (non-hydrogen) atoms. The first kappa shape index (κ1) is 17.4. The number of hydrogen-bond acceptors (Lipinski definition) is 6. The van der Waals surface area contributed by atoms with Crippen LogP contribution in [-0.4, -0.2) is 22.0 Å². The van der Waals surface area contributed by atoms with Crippen molar-refractivity contribution in [1.29, 1.82) is 0 Å². The Hall–Kier alpha value is -2.94. The van der Waals surface area contributed by atoms with Crippen molar-refractivity contribution in [2.24, 2.45) is 0 Å². The molecule has 0 saturated heterocycles. The molecule has 9 heteroatoms. The molecule has 0 radical (unpaired) electrons. The van der Waals surface area contributed by atoms with Crippen LogP contribution in [0.15, 0.2) is 41.3 Å². The zero-order valence-electron chi connectivity index (χ0n) is 12.8. The van der Waals surface area contributed by atoms with Crippen LogP contribution in [0.1, 0.15) is 15.9 Å². The molecule has 0 spiro atoms. The zero-order chi connectivity index (χ0) is 17.9. The highest BCUT2D eigenvalue weighted by atomic mass is 32.2. The Balaban J connectivity index is 2.38.